The molecular weight excluding hydrogens is 364 g/mol. The van der Waals surface area contributed by atoms with E-state index in [1.165, 1.54) is 26.7 Å². The Morgan fingerprint density at radius 2 is 1.72 bits per heavy atom. The van der Waals surface area contributed by atoms with Gasteiger partial charge in [-0.15, -0.1) is 12.4 Å². The first-order valence-electron chi connectivity index (χ1n) is 8.38. The lowest BCUT2D eigenvalue weighted by Gasteiger charge is -2.30. The van der Waals surface area contributed by atoms with Crippen molar-refractivity contribution in [2.75, 3.05) is 20.8 Å². The van der Waals surface area contributed by atoms with Gasteiger partial charge in [-0.1, -0.05) is 19.3 Å². The Hall–Kier alpha value is -1.02. The van der Waals surface area contributed by atoms with E-state index in [1.54, 1.807) is 13.0 Å². The number of halogens is 1. The van der Waals surface area contributed by atoms with Gasteiger partial charge in [0.2, 0.25) is 10.0 Å². The number of aryl methyl sites for hydroxylation is 1. The molecule has 1 aromatic rings. The van der Waals surface area contributed by atoms with Gasteiger partial charge >= 0.3 is 0 Å². The number of hydrogen-bond acceptors (Lipinski definition) is 5. The Kier molecular flexibility index (Phi) is 8.47. The molecule has 144 valence electrons. The molecule has 0 bridgehead atoms. The summed E-state index contributed by atoms with van der Waals surface area (Å²) in [6.45, 7) is 2.05. The van der Waals surface area contributed by atoms with E-state index in [2.05, 4.69) is 4.72 Å². The van der Waals surface area contributed by atoms with Crippen LogP contribution in [-0.2, 0) is 10.0 Å². The van der Waals surface area contributed by atoms with Crippen molar-refractivity contribution in [3.05, 3.63) is 17.7 Å². The lowest BCUT2D eigenvalue weighted by molar-refractivity contribution is 0.294. The Morgan fingerprint density at radius 3 is 2.24 bits per heavy atom. The van der Waals surface area contributed by atoms with Crippen LogP contribution in [0.1, 0.15) is 37.7 Å². The fraction of sp³-hybridized carbons (Fsp3) is 0.647. The van der Waals surface area contributed by atoms with Crippen molar-refractivity contribution in [1.29, 1.82) is 0 Å². The maximum atomic E-state index is 12.9. The summed E-state index contributed by atoms with van der Waals surface area (Å²) in [5.74, 6) is 1.21. The highest BCUT2D eigenvalue weighted by Gasteiger charge is 2.29. The molecule has 0 saturated heterocycles. The van der Waals surface area contributed by atoms with Crippen molar-refractivity contribution < 1.29 is 17.9 Å². The Bertz CT molecular complexity index is 661. The molecule has 0 heterocycles. The van der Waals surface area contributed by atoms with E-state index in [9.17, 15) is 8.42 Å². The van der Waals surface area contributed by atoms with Gasteiger partial charge in [-0.25, -0.2) is 13.1 Å². The third kappa shape index (κ3) is 5.23. The van der Waals surface area contributed by atoms with Gasteiger partial charge in [-0.05, 0) is 37.3 Å². The van der Waals surface area contributed by atoms with Gasteiger partial charge in [-0.3, -0.25) is 0 Å². The zero-order valence-corrected chi connectivity index (χ0v) is 16.7. The third-order valence-corrected chi connectivity index (χ3v) is 6.38. The highest BCUT2D eigenvalue weighted by Crippen LogP contribution is 2.33. The number of nitrogens with one attached hydrogen (secondary N) is 1. The number of hydrogen-bond donors (Lipinski definition) is 2. The van der Waals surface area contributed by atoms with Crippen LogP contribution in [0.15, 0.2) is 17.0 Å². The maximum Gasteiger partial charge on any atom is 0.241 e. The van der Waals surface area contributed by atoms with Crippen molar-refractivity contribution >= 4 is 22.4 Å². The summed E-state index contributed by atoms with van der Waals surface area (Å²) in [5, 5.41) is 0. The summed E-state index contributed by atoms with van der Waals surface area (Å²) in [6.07, 6.45) is 5.54. The minimum Gasteiger partial charge on any atom is -0.493 e. The lowest BCUT2D eigenvalue weighted by atomic mass is 9.84. The standard InChI is InChI=1S/C17H28N2O4S.ClH/c1-12-9-15(22-2)16(23-3)10-17(12)24(20,21)19-14(11-18)13-7-5-4-6-8-13;/h9-10,13-14,19H,4-8,11,18H2,1-3H3;1H. The molecule has 0 amide bonds. The first-order chi connectivity index (χ1) is 11.4. The molecule has 1 aromatic carbocycles. The second kappa shape index (κ2) is 9.62. The molecule has 1 aliphatic carbocycles. The Balaban J connectivity index is 0.00000312. The number of nitrogens with two attached hydrogens (primary N) is 1. The van der Waals surface area contributed by atoms with Crippen LogP contribution >= 0.6 is 12.4 Å². The normalized spacial score (nSPS) is 16.8. The molecule has 2 rings (SSSR count). The molecule has 1 saturated carbocycles. The largest absolute Gasteiger partial charge is 0.493 e. The first-order valence-corrected chi connectivity index (χ1v) is 9.86. The summed E-state index contributed by atoms with van der Waals surface area (Å²) in [6, 6.07) is 2.94. The van der Waals surface area contributed by atoms with Crippen molar-refractivity contribution in [2.45, 2.75) is 50.0 Å². The molecule has 1 aliphatic rings. The van der Waals surface area contributed by atoms with Crippen molar-refractivity contribution in [2.24, 2.45) is 11.7 Å². The van der Waals surface area contributed by atoms with Crippen LogP contribution < -0.4 is 19.9 Å². The summed E-state index contributed by atoms with van der Waals surface area (Å²) in [4.78, 5) is 0.203. The number of rotatable bonds is 7. The van der Waals surface area contributed by atoms with Gasteiger partial charge in [0.05, 0.1) is 19.1 Å². The number of benzene rings is 1. The molecule has 0 spiro atoms. The Labute approximate surface area is 156 Å². The van der Waals surface area contributed by atoms with Gasteiger partial charge in [0.25, 0.3) is 0 Å². The van der Waals surface area contributed by atoms with Crippen LogP contribution in [0.2, 0.25) is 0 Å². The van der Waals surface area contributed by atoms with Crippen molar-refractivity contribution in [3.8, 4) is 11.5 Å². The molecule has 1 atom stereocenters. The summed E-state index contributed by atoms with van der Waals surface area (Å²) in [7, 11) is -0.662. The number of methoxy groups -OCH3 is 2. The third-order valence-electron chi connectivity index (χ3n) is 4.75. The van der Waals surface area contributed by atoms with Crippen LogP contribution in [0.25, 0.3) is 0 Å². The first kappa shape index (κ1) is 22.0. The number of ether oxygens (including phenoxy) is 2. The van der Waals surface area contributed by atoms with Crippen molar-refractivity contribution in [3.63, 3.8) is 0 Å². The van der Waals surface area contributed by atoms with Crippen molar-refractivity contribution in [1.82, 2.24) is 4.72 Å². The molecule has 0 aliphatic heterocycles. The average molecular weight is 393 g/mol. The molecule has 25 heavy (non-hydrogen) atoms. The fourth-order valence-corrected chi connectivity index (χ4v) is 4.95. The molecule has 3 N–H and O–H groups in total. The molecule has 0 aromatic heterocycles. The van der Waals surface area contributed by atoms with Gasteiger partial charge in [0.1, 0.15) is 0 Å². The quantitative estimate of drug-likeness (QED) is 0.744. The van der Waals surface area contributed by atoms with Gasteiger partial charge in [0.15, 0.2) is 11.5 Å². The minimum absolute atomic E-state index is 0. The van der Waals surface area contributed by atoms with Gasteiger partial charge in [0, 0.05) is 18.7 Å². The van der Waals surface area contributed by atoms with E-state index in [0.717, 1.165) is 25.7 Å². The second-order valence-electron chi connectivity index (χ2n) is 6.33. The molecule has 1 fully saturated rings. The van der Waals surface area contributed by atoms with Gasteiger partial charge in [-0.2, -0.15) is 0 Å². The highest BCUT2D eigenvalue weighted by molar-refractivity contribution is 7.89. The predicted molar refractivity (Wildman–Crippen MR) is 101 cm³/mol. The van der Waals surface area contributed by atoms with E-state index in [4.69, 9.17) is 15.2 Å². The van der Waals surface area contributed by atoms with Crippen LogP contribution in [0.4, 0.5) is 0 Å². The maximum absolute atomic E-state index is 12.9. The SMILES string of the molecule is COc1cc(C)c(S(=O)(=O)NC(CN)C2CCCCC2)cc1OC.Cl. The smallest absolute Gasteiger partial charge is 0.241 e. The van der Waals surface area contributed by atoms with E-state index in [0.29, 0.717) is 29.5 Å². The zero-order valence-electron chi connectivity index (χ0n) is 15.1. The summed E-state index contributed by atoms with van der Waals surface area (Å²) < 4.78 is 39.0. The van der Waals surface area contributed by atoms with Crippen LogP contribution in [-0.4, -0.2) is 35.2 Å². The minimum atomic E-state index is -3.67. The monoisotopic (exact) mass is 392 g/mol. The predicted octanol–water partition coefficient (Wildman–Crippen LogP) is 2.62. The molecule has 6 nitrogen and oxygen atoms in total. The van der Waals surface area contributed by atoms with Crippen LogP contribution in [0.3, 0.4) is 0 Å². The van der Waals surface area contributed by atoms with E-state index in [1.807, 2.05) is 0 Å². The zero-order chi connectivity index (χ0) is 17.7. The van der Waals surface area contributed by atoms with Crippen LogP contribution in [0, 0.1) is 12.8 Å². The fourth-order valence-electron chi connectivity index (χ4n) is 3.39. The molecular formula is C17H29ClN2O4S. The van der Waals surface area contributed by atoms with E-state index >= 15 is 0 Å². The highest BCUT2D eigenvalue weighted by atomic mass is 35.5. The van der Waals surface area contributed by atoms with E-state index in [-0.39, 0.29) is 23.3 Å². The topological polar surface area (TPSA) is 90.7 Å². The lowest BCUT2D eigenvalue weighted by Crippen LogP contribution is -2.45. The summed E-state index contributed by atoms with van der Waals surface area (Å²) in [5.41, 5.74) is 6.47. The molecule has 0 radical (unpaired) electrons. The second-order valence-corrected chi connectivity index (χ2v) is 8.02. The molecule has 1 unspecified atom stereocenters. The van der Waals surface area contributed by atoms with Gasteiger partial charge < -0.3 is 15.2 Å². The Morgan fingerprint density at radius 1 is 1.16 bits per heavy atom. The van der Waals surface area contributed by atoms with Crippen LogP contribution in [0.5, 0.6) is 11.5 Å². The number of sulfonamides is 1. The summed E-state index contributed by atoms with van der Waals surface area (Å²) >= 11 is 0. The average Bonchev–Trinajstić information content (AvgIpc) is 2.59. The molecule has 8 heteroatoms. The van der Waals surface area contributed by atoms with E-state index < -0.39 is 10.0 Å².